The summed E-state index contributed by atoms with van der Waals surface area (Å²) in [5.74, 6) is -5.16. The molecule has 0 radical (unpaired) electrons. The zero-order valence-corrected chi connectivity index (χ0v) is 38.9. The van der Waals surface area contributed by atoms with Gasteiger partial charge in [0.15, 0.2) is 15.7 Å². The molecule has 0 spiro atoms. The third kappa shape index (κ3) is 18.8. The van der Waals surface area contributed by atoms with Gasteiger partial charge in [-0.15, -0.1) is 0 Å². The molecule has 0 aromatic heterocycles. The first-order valence-electron chi connectivity index (χ1n) is 22.0. The number of esters is 1. The van der Waals surface area contributed by atoms with Gasteiger partial charge in [-0.3, -0.25) is 9.59 Å². The highest BCUT2D eigenvalue weighted by molar-refractivity contribution is 14.1. The van der Waals surface area contributed by atoms with Crippen molar-refractivity contribution in [3.05, 3.63) is 85.1 Å². The minimum Gasteiger partial charge on any atom is -0.451 e. The van der Waals surface area contributed by atoms with Crippen LogP contribution in [0.1, 0.15) is 85.5 Å². The molecule has 0 amide bonds. The lowest BCUT2D eigenvalue weighted by atomic mass is 9.80. The highest BCUT2D eigenvalue weighted by Gasteiger charge is 2.47. The maximum atomic E-state index is 13.2. The van der Waals surface area contributed by atoms with Crippen LogP contribution in [0.2, 0.25) is 0 Å². The van der Waals surface area contributed by atoms with E-state index >= 15 is 0 Å². The van der Waals surface area contributed by atoms with Gasteiger partial charge in [-0.25, -0.2) is 0 Å². The Balaban J connectivity index is 1.81. The van der Waals surface area contributed by atoms with Crippen LogP contribution in [0.4, 0.5) is 0 Å². The number of carbonyl (C=O) groups is 2. The second kappa shape index (κ2) is 27.3. The number of carbonyl (C=O) groups excluding carboxylic acids is 2. The van der Waals surface area contributed by atoms with Gasteiger partial charge in [-0.1, -0.05) is 106 Å². The summed E-state index contributed by atoms with van der Waals surface area (Å²) in [6.45, 7) is 7.03. The molecular weight excluding hydrogens is 929 g/mol. The van der Waals surface area contributed by atoms with E-state index < -0.39 is 120 Å². The van der Waals surface area contributed by atoms with Crippen molar-refractivity contribution in [3.8, 4) is 0 Å². The summed E-state index contributed by atoms with van der Waals surface area (Å²) in [6.07, 6.45) is 12.5. The van der Waals surface area contributed by atoms with Crippen LogP contribution in [0, 0.1) is 23.7 Å². The Kier molecular flexibility index (Phi) is 23.8. The molecule has 11 N–H and O–H groups in total. The van der Waals surface area contributed by atoms with E-state index in [0.29, 0.717) is 0 Å². The van der Waals surface area contributed by atoms with Crippen LogP contribution in [0.15, 0.2) is 85.1 Å². The van der Waals surface area contributed by atoms with E-state index in [0.717, 1.165) is 0 Å². The van der Waals surface area contributed by atoms with Crippen LogP contribution >= 0.6 is 22.6 Å². The predicted molar refractivity (Wildman–Crippen MR) is 246 cm³/mol. The molecule has 0 aromatic carbocycles. The Morgan fingerprint density at radius 3 is 1.86 bits per heavy atom. The average Bonchev–Trinajstić information content (AvgIpc) is 3.21. The summed E-state index contributed by atoms with van der Waals surface area (Å²) in [6, 6.07) is -0.935. The number of alkyl halides is 1. The maximum absolute atomic E-state index is 13.2. The molecule has 2 saturated heterocycles. The van der Waals surface area contributed by atoms with E-state index in [2.05, 4.69) is 0 Å². The predicted octanol–water partition coefficient (Wildman–Crippen LogP) is 2.89. The number of ketones is 1. The van der Waals surface area contributed by atoms with Crippen LogP contribution < -0.4 is 5.73 Å². The lowest BCUT2D eigenvalue weighted by molar-refractivity contribution is -0.290. The van der Waals surface area contributed by atoms with Crippen molar-refractivity contribution in [1.82, 2.24) is 0 Å². The van der Waals surface area contributed by atoms with Gasteiger partial charge in [0.2, 0.25) is 0 Å². The third-order valence-electron chi connectivity index (χ3n) is 12.0. The molecule has 0 saturated carbocycles. The van der Waals surface area contributed by atoms with E-state index in [1.54, 1.807) is 20.8 Å². The van der Waals surface area contributed by atoms with Crippen molar-refractivity contribution in [2.24, 2.45) is 29.4 Å². The van der Waals surface area contributed by atoms with Gasteiger partial charge in [0.25, 0.3) is 0 Å². The number of cyclic esters (lactones) is 1. The maximum Gasteiger partial charge on any atom is 0.309 e. The first kappa shape index (κ1) is 54.9. The molecule has 63 heavy (non-hydrogen) atoms. The molecule has 3 heterocycles. The first-order valence-corrected chi connectivity index (χ1v) is 23.3. The Morgan fingerprint density at radius 1 is 0.698 bits per heavy atom. The lowest BCUT2D eigenvalue weighted by Gasteiger charge is -2.45. The number of aliphatic hydroxyl groups is 9. The number of rotatable bonds is 2. The van der Waals surface area contributed by atoms with Gasteiger partial charge in [0.1, 0.15) is 6.10 Å². The minimum absolute atomic E-state index is 0.106. The van der Waals surface area contributed by atoms with Gasteiger partial charge in [-0.05, 0) is 74.0 Å². The summed E-state index contributed by atoms with van der Waals surface area (Å²) < 4.78 is 16.9. The SMILES string of the molecule is CC1OC(C[C@H]2/C=C/C=C/C=C/C=C/C=C/C=C/C=C/[C@H](C)[C@@H](O)[C@@H](C)[C@H](I)OC(=O)C[C@H](O)C[C@H](O)C[C@H](O)CC[C@@H](O)C(=O)C[C@]3(O)C[C@H](O)[C@@H](C)C(C2)O3)C(O)C(N)C1O. The number of aliphatic hydroxyl groups excluding tert-OH is 8. The molecule has 15 nitrogen and oxygen atoms in total. The fraction of sp³-hybridized carbons (Fsp3) is 0.660. The molecule has 2 bridgehead atoms. The summed E-state index contributed by atoms with van der Waals surface area (Å²) in [7, 11) is 0. The molecule has 2 fully saturated rings. The number of halogens is 1. The van der Waals surface area contributed by atoms with E-state index in [9.17, 15) is 55.5 Å². The molecule has 3 rings (SSSR count). The molecule has 16 heteroatoms. The summed E-state index contributed by atoms with van der Waals surface area (Å²) in [5.41, 5.74) is 6.13. The standard InChI is InChI=1S/C47H72INO14/c1-28-17-15-13-11-9-7-5-6-8-10-12-14-16-18-32(22-40-45(59)42(49)44(58)31(4)61-40)21-39-29(2)37(54)26-47(60,63-39)27-38(55)36(53)20-19-33(50)23-34(51)24-35(52)25-41(56)62-46(48)30(3)43(28)57/h5-18,28-37,39-40,42-46,50-54,57-60H,19-27,49H2,1-4H3/b6-5+,9-7+,10-8+,13-11+,14-12+,17-15+,18-16+/t28-,29+,30+,31?,32-,33+,34+,35+,36+,37-,39?,40?,42?,43+,44?,45?,46+,47-/m0/s1. The molecule has 0 aromatic rings. The van der Waals surface area contributed by atoms with Crippen molar-refractivity contribution in [2.45, 2.75) is 169 Å². The van der Waals surface area contributed by atoms with Crippen molar-refractivity contribution in [2.75, 3.05) is 0 Å². The monoisotopic (exact) mass is 1000 g/mol. The number of hydrogen-bond donors (Lipinski definition) is 10. The second-order valence-corrected chi connectivity index (χ2v) is 18.7. The van der Waals surface area contributed by atoms with Gasteiger partial charge in [0, 0.05) is 24.2 Å². The van der Waals surface area contributed by atoms with Crippen molar-refractivity contribution < 1.29 is 69.8 Å². The Labute approximate surface area is 385 Å². The normalized spacial score (nSPS) is 45.5. The fourth-order valence-corrected chi connectivity index (χ4v) is 8.68. The zero-order chi connectivity index (χ0) is 46.9. The lowest BCUT2D eigenvalue weighted by Crippen LogP contribution is -2.60. The average molecular weight is 1000 g/mol. The number of ether oxygens (including phenoxy) is 3. The van der Waals surface area contributed by atoms with Gasteiger partial charge >= 0.3 is 5.97 Å². The van der Waals surface area contributed by atoms with E-state index in [-0.39, 0.29) is 56.8 Å². The van der Waals surface area contributed by atoms with Gasteiger partial charge in [0.05, 0.1) is 79.9 Å². The summed E-state index contributed by atoms with van der Waals surface area (Å²) in [4.78, 5) is 25.8. The molecule has 3 aliphatic rings. The first-order chi connectivity index (χ1) is 29.7. The third-order valence-corrected chi connectivity index (χ3v) is 13.4. The van der Waals surface area contributed by atoms with E-state index in [1.807, 2.05) is 115 Å². The van der Waals surface area contributed by atoms with Gasteiger partial charge in [-0.2, -0.15) is 0 Å². The number of hydrogen-bond acceptors (Lipinski definition) is 15. The van der Waals surface area contributed by atoms with Crippen molar-refractivity contribution in [1.29, 1.82) is 0 Å². The number of Topliss-reactive ketones (excluding diaryl/α,β-unsaturated/α-hetero) is 1. The molecule has 356 valence electrons. The van der Waals surface area contributed by atoms with Crippen molar-refractivity contribution >= 4 is 34.3 Å². The van der Waals surface area contributed by atoms with E-state index in [4.69, 9.17) is 19.9 Å². The van der Waals surface area contributed by atoms with Gasteiger partial charge < -0.3 is 65.9 Å². The second-order valence-electron chi connectivity index (χ2n) is 17.5. The molecule has 18 atom stereocenters. The van der Waals surface area contributed by atoms with Crippen LogP contribution in [0.25, 0.3) is 0 Å². The Hall–Kier alpha value is -2.43. The molecule has 0 aliphatic carbocycles. The minimum atomic E-state index is -2.12. The number of allylic oxidation sites excluding steroid dienone is 13. The number of fused-ring (bicyclic) bond motifs is 2. The van der Waals surface area contributed by atoms with Crippen molar-refractivity contribution in [3.63, 3.8) is 0 Å². The van der Waals surface area contributed by atoms with Crippen LogP contribution in [0.5, 0.6) is 0 Å². The Bertz CT molecular complexity index is 1620. The quantitative estimate of drug-likeness (QED) is 0.108. The fourth-order valence-electron chi connectivity index (χ4n) is 7.97. The Morgan fingerprint density at radius 2 is 1.25 bits per heavy atom. The zero-order valence-electron chi connectivity index (χ0n) is 36.8. The highest BCUT2D eigenvalue weighted by atomic mass is 127. The number of nitrogens with two attached hydrogens (primary N) is 1. The smallest absolute Gasteiger partial charge is 0.309 e. The van der Waals surface area contributed by atoms with Crippen LogP contribution in [0.3, 0.4) is 0 Å². The molecule has 6 unspecified atom stereocenters. The van der Waals surface area contributed by atoms with Crippen LogP contribution in [-0.2, 0) is 23.8 Å². The highest BCUT2D eigenvalue weighted by Crippen LogP contribution is 2.38. The topological polar surface area (TPSA) is 270 Å². The molecular formula is C47H72INO14. The largest absolute Gasteiger partial charge is 0.451 e. The summed E-state index contributed by atoms with van der Waals surface area (Å²) in [5, 5.41) is 97.2. The van der Waals surface area contributed by atoms with Crippen LogP contribution in [-0.4, -0.2) is 141 Å². The summed E-state index contributed by atoms with van der Waals surface area (Å²) >= 11 is 1.92. The van der Waals surface area contributed by atoms with E-state index in [1.165, 1.54) is 0 Å². The molecule has 3 aliphatic heterocycles.